The van der Waals surface area contributed by atoms with Gasteiger partial charge in [0.1, 0.15) is 6.04 Å². The van der Waals surface area contributed by atoms with Crippen LogP contribution in [-0.2, 0) is 39.0 Å². The molecule has 4 rings (SSSR count). The summed E-state index contributed by atoms with van der Waals surface area (Å²) in [5.41, 5.74) is 2.84. The number of hydrogen-bond acceptors (Lipinski definition) is 4. The summed E-state index contributed by atoms with van der Waals surface area (Å²) >= 11 is 6.03. The van der Waals surface area contributed by atoms with Crippen LogP contribution in [0.2, 0.25) is 5.02 Å². The lowest BCUT2D eigenvalue weighted by Gasteiger charge is -2.29. The van der Waals surface area contributed by atoms with Crippen molar-refractivity contribution < 1.29 is 18.0 Å². The third-order valence-electron chi connectivity index (χ3n) is 6.75. The van der Waals surface area contributed by atoms with Crippen molar-refractivity contribution in [2.24, 2.45) is 0 Å². The van der Waals surface area contributed by atoms with E-state index in [4.69, 9.17) is 11.6 Å². The first-order chi connectivity index (χ1) is 18.7. The standard InChI is InChI=1S/C30H34ClN3O4S/c1-22(30(36)32-20-19-23-5-3-2-4-6-23)34(21-25-7-12-26(31)13-8-25)29(35)18-11-24-9-16-28(17-10-24)39(37,38)33-27-14-15-27/h2-10,12-13,16-17,22,27,33H,11,14-15,18-21H2,1H3,(H,32,36). The molecule has 2 amide bonds. The molecular weight excluding hydrogens is 534 g/mol. The van der Waals surface area contributed by atoms with Crippen molar-refractivity contribution in [2.75, 3.05) is 6.54 Å². The van der Waals surface area contributed by atoms with Gasteiger partial charge in [0.15, 0.2) is 0 Å². The second-order valence-corrected chi connectivity index (χ2v) is 12.0. The largest absolute Gasteiger partial charge is 0.354 e. The van der Waals surface area contributed by atoms with Gasteiger partial charge in [-0.15, -0.1) is 0 Å². The van der Waals surface area contributed by atoms with Crippen LogP contribution in [0, 0.1) is 0 Å². The summed E-state index contributed by atoms with van der Waals surface area (Å²) in [6.45, 7) is 2.48. The number of amides is 2. The number of halogens is 1. The van der Waals surface area contributed by atoms with Crippen molar-refractivity contribution in [3.63, 3.8) is 0 Å². The Hall–Kier alpha value is -3.20. The minimum atomic E-state index is -3.52. The van der Waals surface area contributed by atoms with Gasteiger partial charge in [0.2, 0.25) is 21.8 Å². The van der Waals surface area contributed by atoms with E-state index in [1.54, 1.807) is 48.2 Å². The molecule has 1 aliphatic rings. The average Bonchev–Trinajstić information content (AvgIpc) is 3.75. The number of benzene rings is 3. The third kappa shape index (κ3) is 8.65. The summed E-state index contributed by atoms with van der Waals surface area (Å²) in [5.74, 6) is -0.381. The van der Waals surface area contributed by atoms with E-state index in [-0.39, 0.29) is 35.7 Å². The van der Waals surface area contributed by atoms with Crippen molar-refractivity contribution in [2.45, 2.75) is 62.6 Å². The molecule has 2 N–H and O–H groups in total. The Morgan fingerprint density at radius 1 is 0.897 bits per heavy atom. The molecule has 0 bridgehead atoms. The van der Waals surface area contributed by atoms with Crippen LogP contribution >= 0.6 is 11.6 Å². The first-order valence-electron chi connectivity index (χ1n) is 13.2. The van der Waals surface area contributed by atoms with E-state index in [9.17, 15) is 18.0 Å². The topological polar surface area (TPSA) is 95.6 Å². The van der Waals surface area contributed by atoms with Gasteiger partial charge >= 0.3 is 0 Å². The van der Waals surface area contributed by atoms with Gasteiger partial charge in [-0.2, -0.15) is 0 Å². The monoisotopic (exact) mass is 567 g/mol. The van der Waals surface area contributed by atoms with Gasteiger partial charge in [-0.3, -0.25) is 9.59 Å². The maximum absolute atomic E-state index is 13.4. The van der Waals surface area contributed by atoms with Crippen LogP contribution in [0.4, 0.5) is 0 Å². The number of hydrogen-bond donors (Lipinski definition) is 2. The zero-order valence-corrected chi connectivity index (χ0v) is 23.5. The Labute approximate surface area is 235 Å². The second kappa shape index (κ2) is 13.2. The van der Waals surface area contributed by atoms with Crippen LogP contribution in [0.1, 0.15) is 42.9 Å². The molecule has 1 unspecified atom stereocenters. The SMILES string of the molecule is CC(C(=O)NCCc1ccccc1)N(Cc1ccc(Cl)cc1)C(=O)CCc1ccc(S(=O)(=O)NC2CC2)cc1. The smallest absolute Gasteiger partial charge is 0.242 e. The molecular formula is C30H34ClN3O4S. The predicted octanol–water partition coefficient (Wildman–Crippen LogP) is 4.49. The molecule has 0 spiro atoms. The number of carbonyl (C=O) groups excluding carboxylic acids is 2. The van der Waals surface area contributed by atoms with Gasteiger partial charge in [-0.25, -0.2) is 13.1 Å². The molecule has 0 heterocycles. The van der Waals surface area contributed by atoms with Gasteiger partial charge in [-0.05, 0) is 73.6 Å². The van der Waals surface area contributed by atoms with E-state index in [1.165, 1.54) is 0 Å². The van der Waals surface area contributed by atoms with Gasteiger partial charge < -0.3 is 10.2 Å². The van der Waals surface area contributed by atoms with E-state index in [2.05, 4.69) is 10.0 Å². The summed E-state index contributed by atoms with van der Waals surface area (Å²) in [5, 5.41) is 3.55. The minimum absolute atomic E-state index is 0.0384. The number of nitrogens with zero attached hydrogens (tertiary/aromatic N) is 1. The molecule has 0 radical (unpaired) electrons. The summed E-state index contributed by atoms with van der Waals surface area (Å²) in [6.07, 6.45) is 3.05. The Balaban J connectivity index is 1.38. The molecule has 9 heteroatoms. The van der Waals surface area contributed by atoms with Gasteiger partial charge in [0, 0.05) is 30.6 Å². The van der Waals surface area contributed by atoms with Crippen LogP contribution < -0.4 is 10.0 Å². The van der Waals surface area contributed by atoms with Crippen molar-refractivity contribution >= 4 is 33.4 Å². The van der Waals surface area contributed by atoms with E-state index < -0.39 is 16.1 Å². The molecule has 3 aromatic carbocycles. The average molecular weight is 568 g/mol. The second-order valence-electron chi connectivity index (χ2n) is 9.89. The fourth-order valence-corrected chi connectivity index (χ4v) is 5.64. The third-order valence-corrected chi connectivity index (χ3v) is 8.54. The molecule has 0 aromatic heterocycles. The van der Waals surface area contributed by atoms with Crippen molar-refractivity contribution in [3.8, 4) is 0 Å². The number of carbonyl (C=O) groups is 2. The summed E-state index contributed by atoms with van der Waals surface area (Å²) in [6, 6.07) is 23.1. The minimum Gasteiger partial charge on any atom is -0.354 e. The Bertz CT molecular complexity index is 1360. The molecule has 1 atom stereocenters. The highest BCUT2D eigenvalue weighted by atomic mass is 35.5. The maximum Gasteiger partial charge on any atom is 0.242 e. The van der Waals surface area contributed by atoms with Crippen LogP contribution in [0.3, 0.4) is 0 Å². The molecule has 3 aromatic rings. The summed E-state index contributed by atoms with van der Waals surface area (Å²) in [4.78, 5) is 28.2. The van der Waals surface area contributed by atoms with E-state index >= 15 is 0 Å². The van der Waals surface area contributed by atoms with Crippen molar-refractivity contribution in [1.29, 1.82) is 0 Å². The zero-order chi connectivity index (χ0) is 27.8. The molecule has 1 aliphatic carbocycles. The van der Waals surface area contributed by atoms with Crippen LogP contribution in [0.25, 0.3) is 0 Å². The molecule has 1 saturated carbocycles. The molecule has 0 saturated heterocycles. The number of sulfonamides is 1. The van der Waals surface area contributed by atoms with Crippen molar-refractivity contribution in [1.82, 2.24) is 14.9 Å². The van der Waals surface area contributed by atoms with Crippen LogP contribution in [0.15, 0.2) is 83.8 Å². The fourth-order valence-electron chi connectivity index (χ4n) is 4.21. The lowest BCUT2D eigenvalue weighted by atomic mass is 10.1. The molecule has 7 nitrogen and oxygen atoms in total. The Morgan fingerprint density at radius 2 is 1.51 bits per heavy atom. The Kier molecular flexibility index (Phi) is 9.78. The van der Waals surface area contributed by atoms with E-state index in [0.717, 1.165) is 29.5 Å². The first-order valence-corrected chi connectivity index (χ1v) is 15.0. The molecule has 206 valence electrons. The van der Waals surface area contributed by atoms with Crippen LogP contribution in [-0.4, -0.2) is 43.8 Å². The van der Waals surface area contributed by atoms with Gasteiger partial charge in [0.05, 0.1) is 4.90 Å². The molecule has 0 aliphatic heterocycles. The number of aryl methyl sites for hydroxylation is 1. The highest BCUT2D eigenvalue weighted by molar-refractivity contribution is 7.89. The highest BCUT2D eigenvalue weighted by Gasteiger charge is 2.28. The Morgan fingerprint density at radius 3 is 2.15 bits per heavy atom. The van der Waals surface area contributed by atoms with Crippen LogP contribution in [0.5, 0.6) is 0 Å². The molecule has 1 fully saturated rings. The number of nitrogens with one attached hydrogen (secondary N) is 2. The first kappa shape index (κ1) is 28.8. The van der Waals surface area contributed by atoms with E-state index in [1.807, 2.05) is 42.5 Å². The molecule has 39 heavy (non-hydrogen) atoms. The number of rotatable bonds is 13. The zero-order valence-electron chi connectivity index (χ0n) is 22.0. The fraction of sp³-hybridized carbons (Fsp3) is 0.333. The van der Waals surface area contributed by atoms with Gasteiger partial charge in [-0.1, -0.05) is 66.2 Å². The summed E-state index contributed by atoms with van der Waals surface area (Å²) in [7, 11) is -3.52. The van der Waals surface area contributed by atoms with E-state index in [0.29, 0.717) is 24.4 Å². The lowest BCUT2D eigenvalue weighted by molar-refractivity contribution is -0.140. The predicted molar refractivity (Wildman–Crippen MR) is 153 cm³/mol. The maximum atomic E-state index is 13.4. The van der Waals surface area contributed by atoms with Gasteiger partial charge in [0.25, 0.3) is 0 Å². The lowest BCUT2D eigenvalue weighted by Crippen LogP contribution is -2.48. The highest BCUT2D eigenvalue weighted by Crippen LogP contribution is 2.22. The summed E-state index contributed by atoms with van der Waals surface area (Å²) < 4.78 is 27.5. The quantitative estimate of drug-likeness (QED) is 0.318. The van der Waals surface area contributed by atoms with Crippen molar-refractivity contribution in [3.05, 3.63) is 101 Å². The normalized spacial score (nSPS) is 14.0.